The Balaban J connectivity index is 1.44. The van der Waals surface area contributed by atoms with Crippen molar-refractivity contribution in [1.29, 1.82) is 0 Å². The third kappa shape index (κ3) is 4.27. The van der Waals surface area contributed by atoms with Crippen LogP contribution >= 0.6 is 34.8 Å². The number of imide groups is 2. The minimum Gasteiger partial charge on any atom is -0.507 e. The molecule has 2 heterocycles. The molecule has 0 radical (unpaired) electrons. The molecule has 6 unspecified atom stereocenters. The maximum atomic E-state index is 15.2. The zero-order valence-corrected chi connectivity index (χ0v) is 28.5. The molecule has 260 valence electrons. The first-order chi connectivity index (χ1) is 23.4. The van der Waals surface area contributed by atoms with Crippen LogP contribution < -0.4 is 9.80 Å². The highest BCUT2D eigenvalue weighted by atomic mass is 35.5. The van der Waals surface area contributed by atoms with Gasteiger partial charge in [0, 0.05) is 10.9 Å². The number of phenolic OH excluding ortho intramolecular Hbond substituents is 1. The van der Waals surface area contributed by atoms with Crippen LogP contribution in [-0.4, -0.2) is 38.5 Å². The van der Waals surface area contributed by atoms with Crippen molar-refractivity contribution in [1.82, 2.24) is 0 Å². The molecule has 3 aromatic carbocycles. The average molecular weight is 754 g/mol. The topological polar surface area (TPSA) is 95.0 Å². The van der Waals surface area contributed by atoms with Crippen LogP contribution in [0.1, 0.15) is 41.0 Å². The summed E-state index contributed by atoms with van der Waals surface area (Å²) in [7, 11) is 0. The van der Waals surface area contributed by atoms with Gasteiger partial charge in [0.05, 0.1) is 17.5 Å². The summed E-state index contributed by atoms with van der Waals surface area (Å²) >= 11 is 20.6. The first-order valence-corrected chi connectivity index (χ1v) is 16.4. The fourth-order valence-electron chi connectivity index (χ4n) is 8.07. The van der Waals surface area contributed by atoms with Crippen LogP contribution in [0.2, 0.25) is 5.02 Å². The Labute approximate surface area is 296 Å². The maximum Gasteiger partial charge on any atom is 0.258 e. The second kappa shape index (κ2) is 11.2. The maximum absolute atomic E-state index is 15.2. The number of allylic oxidation sites excluding steroid dienone is 2. The van der Waals surface area contributed by atoms with Crippen molar-refractivity contribution in [3.05, 3.63) is 98.3 Å². The Morgan fingerprint density at radius 3 is 1.92 bits per heavy atom. The summed E-state index contributed by atoms with van der Waals surface area (Å²) in [5, 5.41) is 10.9. The molecule has 1 N–H and O–H groups in total. The van der Waals surface area contributed by atoms with Gasteiger partial charge in [-0.2, -0.15) is 0 Å². The van der Waals surface area contributed by atoms with Crippen molar-refractivity contribution in [2.24, 2.45) is 17.8 Å². The summed E-state index contributed by atoms with van der Waals surface area (Å²) in [5.41, 5.74) is 0.141. The minimum atomic E-state index is -2.66. The molecule has 4 amide bonds. The Hall–Kier alpha value is -4.00. The first kappa shape index (κ1) is 34.4. The quantitative estimate of drug-likeness (QED) is 0.0750. The molecule has 7 rings (SSSR count). The van der Waals surface area contributed by atoms with Crippen molar-refractivity contribution in [3.63, 3.8) is 0 Å². The zero-order valence-electron chi connectivity index (χ0n) is 26.2. The monoisotopic (exact) mass is 752 g/mol. The molecule has 4 aliphatic rings. The molecule has 3 aromatic rings. The van der Waals surface area contributed by atoms with Gasteiger partial charge in [-0.15, -0.1) is 23.2 Å². The summed E-state index contributed by atoms with van der Waals surface area (Å²) in [6.07, 6.45) is 0.954. The highest BCUT2D eigenvalue weighted by Gasteiger charge is 2.77. The number of fused-ring (bicyclic) bond motifs is 4. The minimum absolute atomic E-state index is 0.0184. The molecule has 1 saturated carbocycles. The number of hydrogen-bond acceptors (Lipinski definition) is 5. The number of rotatable bonds is 3. The number of phenols is 1. The van der Waals surface area contributed by atoms with Crippen LogP contribution in [0.25, 0.3) is 0 Å². The molecule has 2 aliphatic heterocycles. The fraction of sp³-hybridized carbons (Fsp3) is 0.314. The highest BCUT2D eigenvalue weighted by molar-refractivity contribution is 6.58. The van der Waals surface area contributed by atoms with E-state index in [-0.39, 0.29) is 28.3 Å². The summed E-state index contributed by atoms with van der Waals surface area (Å²) < 4.78 is 73.4. The van der Waals surface area contributed by atoms with Crippen molar-refractivity contribution in [2.45, 2.75) is 49.3 Å². The lowest BCUT2D eigenvalue weighted by molar-refractivity contribution is -0.125. The number of benzene rings is 3. The lowest BCUT2D eigenvalue weighted by Gasteiger charge is -2.50. The summed E-state index contributed by atoms with van der Waals surface area (Å²) in [4.78, 5) is 52.2. The molecule has 3 fully saturated rings. The van der Waals surface area contributed by atoms with E-state index in [2.05, 4.69) is 0 Å². The van der Waals surface area contributed by atoms with E-state index >= 15 is 8.78 Å². The van der Waals surface area contributed by atoms with Gasteiger partial charge in [0.1, 0.15) is 11.4 Å². The van der Waals surface area contributed by atoms with Gasteiger partial charge in [-0.25, -0.2) is 31.8 Å². The molecule has 0 spiro atoms. The van der Waals surface area contributed by atoms with E-state index in [4.69, 9.17) is 34.8 Å². The smallest absolute Gasteiger partial charge is 0.258 e. The van der Waals surface area contributed by atoms with Crippen LogP contribution in [0.3, 0.4) is 0 Å². The number of amides is 4. The van der Waals surface area contributed by atoms with Crippen molar-refractivity contribution >= 4 is 69.8 Å². The van der Waals surface area contributed by atoms with E-state index in [1.165, 1.54) is 18.2 Å². The normalized spacial score (nSPS) is 29.0. The van der Waals surface area contributed by atoms with E-state index in [0.29, 0.717) is 27.3 Å². The number of hydrogen-bond donors (Lipinski definition) is 1. The molecule has 2 aliphatic carbocycles. The summed E-state index contributed by atoms with van der Waals surface area (Å²) in [6, 6.07) is 7.53. The molecule has 15 heteroatoms. The largest absolute Gasteiger partial charge is 0.507 e. The third-order valence-electron chi connectivity index (χ3n) is 10.5. The summed E-state index contributed by atoms with van der Waals surface area (Å²) in [6.45, 7) is 4.82. The molecule has 2 saturated heterocycles. The standard InChI is InChI=1S/C35H24Cl3F5N2O5/c1-12-4-5-16(10-20(12)36)44-30(47)18-7-6-17-19(21(18)31(44)48)11-34(37)32(49)45(28-26(42)24(40)23(39)25(41)27(28)43)33(50)35(34,38)22(17)15-8-13(2)29(46)14(3)9-15/h4-6,8-10,18-19,21-22,46H,7,11H2,1-3H3. The number of aromatic hydroxyl groups is 1. The second-order valence-electron chi connectivity index (χ2n) is 13.1. The van der Waals surface area contributed by atoms with Crippen molar-refractivity contribution in [3.8, 4) is 5.75 Å². The Bertz CT molecular complexity index is 2110. The average Bonchev–Trinajstić information content (AvgIpc) is 3.41. The predicted octanol–water partition coefficient (Wildman–Crippen LogP) is 7.43. The van der Waals surface area contributed by atoms with E-state index in [1.807, 2.05) is 0 Å². The van der Waals surface area contributed by atoms with Gasteiger partial charge >= 0.3 is 0 Å². The fourth-order valence-corrected chi connectivity index (χ4v) is 9.18. The second-order valence-corrected chi connectivity index (χ2v) is 14.8. The number of alkyl halides is 2. The number of carbonyl (C=O) groups excluding carboxylic acids is 4. The SMILES string of the molecule is Cc1ccc(N2C(=O)C3CC=C4C(CC5(Cl)C(=O)N(c6c(F)c(F)c(F)c(F)c6F)C(=O)C5(Cl)C4c4cc(C)c(O)c(C)c4)C3C2=O)cc1Cl. The van der Waals surface area contributed by atoms with Gasteiger partial charge < -0.3 is 5.11 Å². The van der Waals surface area contributed by atoms with Gasteiger partial charge in [0.15, 0.2) is 33.0 Å². The third-order valence-corrected chi connectivity index (χ3v) is 12.3. The van der Waals surface area contributed by atoms with E-state index < -0.39 is 98.2 Å². The van der Waals surface area contributed by atoms with Gasteiger partial charge in [-0.05, 0) is 73.9 Å². The van der Waals surface area contributed by atoms with Crippen LogP contribution in [0, 0.1) is 67.6 Å². The number of anilines is 2. The number of carbonyl (C=O) groups is 4. The van der Waals surface area contributed by atoms with Gasteiger partial charge in [-0.3, -0.25) is 19.2 Å². The molecule has 0 aromatic heterocycles. The van der Waals surface area contributed by atoms with Crippen molar-refractivity contribution < 1.29 is 46.2 Å². The van der Waals surface area contributed by atoms with Crippen LogP contribution in [0.15, 0.2) is 42.0 Å². The molecule has 0 bridgehead atoms. The van der Waals surface area contributed by atoms with E-state index in [1.54, 1.807) is 39.0 Å². The summed E-state index contributed by atoms with van der Waals surface area (Å²) in [5.74, 6) is -21.4. The van der Waals surface area contributed by atoms with Crippen LogP contribution in [0.4, 0.5) is 33.3 Å². The van der Waals surface area contributed by atoms with Crippen molar-refractivity contribution in [2.75, 3.05) is 9.80 Å². The molecular weight excluding hydrogens is 730 g/mol. The van der Waals surface area contributed by atoms with Crippen LogP contribution in [-0.2, 0) is 19.2 Å². The van der Waals surface area contributed by atoms with Gasteiger partial charge in [0.25, 0.3) is 11.8 Å². The highest BCUT2D eigenvalue weighted by Crippen LogP contribution is 2.66. The molecular formula is C35H24Cl3F5N2O5. The number of halogens is 8. The lowest BCUT2D eigenvalue weighted by atomic mass is 9.56. The number of nitrogens with zero attached hydrogens (tertiary/aromatic N) is 2. The molecule has 6 atom stereocenters. The van der Waals surface area contributed by atoms with Crippen LogP contribution in [0.5, 0.6) is 5.75 Å². The number of aryl methyl sites for hydroxylation is 3. The van der Waals surface area contributed by atoms with E-state index in [0.717, 1.165) is 4.90 Å². The van der Waals surface area contributed by atoms with Gasteiger partial charge in [0.2, 0.25) is 17.6 Å². The zero-order chi connectivity index (χ0) is 36.5. The van der Waals surface area contributed by atoms with E-state index in [9.17, 15) is 37.5 Å². The Kier molecular flexibility index (Phi) is 7.75. The Morgan fingerprint density at radius 2 is 1.34 bits per heavy atom. The molecule has 50 heavy (non-hydrogen) atoms. The van der Waals surface area contributed by atoms with Gasteiger partial charge in [-0.1, -0.05) is 41.4 Å². The molecule has 7 nitrogen and oxygen atoms in total. The lowest BCUT2D eigenvalue weighted by Crippen LogP contribution is -2.60. The predicted molar refractivity (Wildman–Crippen MR) is 173 cm³/mol. The Morgan fingerprint density at radius 1 is 0.760 bits per heavy atom. The first-order valence-electron chi connectivity index (χ1n) is 15.3.